The fourth-order valence-electron chi connectivity index (χ4n) is 3.88. The standard InChI is InChI=1S/C17H31N3O2/c1-3-20(4-2)17(22)6-5-9-18-16(21)12-13-10-14-7-8-15(11-13)19-14/h13-15,19H,3-12H2,1-2H3,(H,18,21). The van der Waals surface area contributed by atoms with E-state index in [1.54, 1.807) is 0 Å². The molecule has 0 saturated carbocycles. The Hall–Kier alpha value is -1.10. The van der Waals surface area contributed by atoms with E-state index in [9.17, 15) is 9.59 Å². The van der Waals surface area contributed by atoms with Crippen molar-refractivity contribution in [1.29, 1.82) is 0 Å². The van der Waals surface area contributed by atoms with Gasteiger partial charge in [-0.05, 0) is 51.9 Å². The number of piperidine rings is 1. The Kier molecular flexibility index (Phi) is 6.68. The molecule has 2 saturated heterocycles. The Balaban J connectivity index is 1.57. The van der Waals surface area contributed by atoms with E-state index in [4.69, 9.17) is 0 Å². The van der Waals surface area contributed by atoms with Gasteiger partial charge in [0.2, 0.25) is 11.8 Å². The minimum absolute atomic E-state index is 0.154. The monoisotopic (exact) mass is 309 g/mol. The van der Waals surface area contributed by atoms with Crippen LogP contribution in [0, 0.1) is 5.92 Å². The van der Waals surface area contributed by atoms with Crippen molar-refractivity contribution >= 4 is 11.8 Å². The zero-order valence-corrected chi connectivity index (χ0v) is 14.1. The Morgan fingerprint density at radius 1 is 1.14 bits per heavy atom. The summed E-state index contributed by atoms with van der Waals surface area (Å²) >= 11 is 0. The topological polar surface area (TPSA) is 61.4 Å². The highest BCUT2D eigenvalue weighted by Crippen LogP contribution is 2.32. The van der Waals surface area contributed by atoms with Crippen molar-refractivity contribution in [2.45, 2.75) is 70.9 Å². The molecule has 2 bridgehead atoms. The number of nitrogens with zero attached hydrogens (tertiary/aromatic N) is 1. The molecule has 0 spiro atoms. The second-order valence-corrected chi connectivity index (χ2v) is 6.70. The highest BCUT2D eigenvalue weighted by atomic mass is 16.2. The van der Waals surface area contributed by atoms with Crippen LogP contribution in [0.5, 0.6) is 0 Å². The third-order valence-electron chi connectivity index (χ3n) is 5.05. The van der Waals surface area contributed by atoms with Crippen LogP contribution >= 0.6 is 0 Å². The summed E-state index contributed by atoms with van der Waals surface area (Å²) in [6, 6.07) is 1.28. The van der Waals surface area contributed by atoms with E-state index in [1.165, 1.54) is 12.8 Å². The van der Waals surface area contributed by atoms with Crippen LogP contribution in [0.25, 0.3) is 0 Å². The van der Waals surface area contributed by atoms with Gasteiger partial charge < -0.3 is 15.5 Å². The van der Waals surface area contributed by atoms with Crippen LogP contribution in [-0.2, 0) is 9.59 Å². The number of amides is 2. The van der Waals surface area contributed by atoms with Gasteiger partial charge in [-0.3, -0.25) is 9.59 Å². The van der Waals surface area contributed by atoms with Gasteiger partial charge in [-0.1, -0.05) is 0 Å². The Morgan fingerprint density at radius 2 is 1.77 bits per heavy atom. The second-order valence-electron chi connectivity index (χ2n) is 6.70. The molecule has 126 valence electrons. The van der Waals surface area contributed by atoms with Gasteiger partial charge in [0.25, 0.3) is 0 Å². The molecule has 2 unspecified atom stereocenters. The Labute approximate surface area is 134 Å². The van der Waals surface area contributed by atoms with Crippen molar-refractivity contribution < 1.29 is 9.59 Å². The molecule has 22 heavy (non-hydrogen) atoms. The maximum Gasteiger partial charge on any atom is 0.222 e. The van der Waals surface area contributed by atoms with Crippen LogP contribution in [0.15, 0.2) is 0 Å². The summed E-state index contributed by atoms with van der Waals surface area (Å²) in [7, 11) is 0. The molecule has 2 aliphatic rings. The molecule has 2 fully saturated rings. The summed E-state index contributed by atoms with van der Waals surface area (Å²) in [5.41, 5.74) is 0. The van der Waals surface area contributed by atoms with Crippen LogP contribution in [0.2, 0.25) is 0 Å². The molecule has 5 heteroatoms. The number of nitrogens with one attached hydrogen (secondary N) is 2. The van der Waals surface area contributed by atoms with E-state index in [0.29, 0.717) is 37.4 Å². The lowest BCUT2D eigenvalue weighted by Gasteiger charge is -2.28. The minimum atomic E-state index is 0.154. The summed E-state index contributed by atoms with van der Waals surface area (Å²) in [6.07, 6.45) is 6.75. The van der Waals surface area contributed by atoms with Gasteiger partial charge in [-0.2, -0.15) is 0 Å². The molecule has 2 atom stereocenters. The molecule has 2 N–H and O–H groups in total. The van der Waals surface area contributed by atoms with Gasteiger partial charge in [0.15, 0.2) is 0 Å². The van der Waals surface area contributed by atoms with Crippen molar-refractivity contribution in [2.24, 2.45) is 5.92 Å². The van der Waals surface area contributed by atoms with E-state index in [1.807, 2.05) is 18.7 Å². The molecule has 0 aromatic heterocycles. The summed E-state index contributed by atoms with van der Waals surface area (Å²) in [4.78, 5) is 25.7. The summed E-state index contributed by atoms with van der Waals surface area (Å²) in [5, 5.41) is 6.59. The molecule has 2 amide bonds. The number of hydrogen-bond donors (Lipinski definition) is 2. The summed E-state index contributed by atoms with van der Waals surface area (Å²) in [5.74, 6) is 0.881. The van der Waals surface area contributed by atoms with Crippen LogP contribution in [-0.4, -0.2) is 48.4 Å². The first-order valence-electron chi connectivity index (χ1n) is 8.92. The van der Waals surface area contributed by atoms with Gasteiger partial charge in [0.1, 0.15) is 0 Å². The van der Waals surface area contributed by atoms with Crippen LogP contribution in [0.4, 0.5) is 0 Å². The number of carbonyl (C=O) groups excluding carboxylic acids is 2. The SMILES string of the molecule is CCN(CC)C(=O)CCCNC(=O)CC1CC2CCC(C1)N2. The van der Waals surface area contributed by atoms with Crippen molar-refractivity contribution in [2.75, 3.05) is 19.6 Å². The van der Waals surface area contributed by atoms with Crippen molar-refractivity contribution in [3.63, 3.8) is 0 Å². The summed E-state index contributed by atoms with van der Waals surface area (Å²) in [6.45, 7) is 6.13. The van der Waals surface area contributed by atoms with Crippen LogP contribution < -0.4 is 10.6 Å². The van der Waals surface area contributed by atoms with Gasteiger partial charge in [-0.15, -0.1) is 0 Å². The minimum Gasteiger partial charge on any atom is -0.356 e. The van der Waals surface area contributed by atoms with Gasteiger partial charge in [-0.25, -0.2) is 0 Å². The van der Waals surface area contributed by atoms with E-state index in [2.05, 4.69) is 10.6 Å². The smallest absolute Gasteiger partial charge is 0.222 e. The van der Waals surface area contributed by atoms with Gasteiger partial charge in [0, 0.05) is 44.6 Å². The lowest BCUT2D eigenvalue weighted by molar-refractivity contribution is -0.131. The van der Waals surface area contributed by atoms with Crippen molar-refractivity contribution in [1.82, 2.24) is 15.5 Å². The molecule has 2 rings (SSSR count). The highest BCUT2D eigenvalue weighted by Gasteiger charge is 2.34. The van der Waals surface area contributed by atoms with E-state index in [0.717, 1.165) is 32.4 Å². The Bertz CT molecular complexity index is 370. The summed E-state index contributed by atoms with van der Waals surface area (Å²) < 4.78 is 0. The first-order valence-corrected chi connectivity index (χ1v) is 8.92. The zero-order chi connectivity index (χ0) is 15.9. The average molecular weight is 309 g/mol. The predicted molar refractivity (Wildman–Crippen MR) is 87.5 cm³/mol. The second kappa shape index (κ2) is 8.51. The van der Waals surface area contributed by atoms with E-state index in [-0.39, 0.29) is 11.8 Å². The van der Waals surface area contributed by atoms with Gasteiger partial charge >= 0.3 is 0 Å². The molecule has 0 aromatic rings. The largest absolute Gasteiger partial charge is 0.356 e. The molecular weight excluding hydrogens is 278 g/mol. The maximum atomic E-state index is 12.0. The fourth-order valence-corrected chi connectivity index (χ4v) is 3.88. The molecule has 5 nitrogen and oxygen atoms in total. The van der Waals surface area contributed by atoms with Gasteiger partial charge in [0.05, 0.1) is 0 Å². The fraction of sp³-hybridized carbons (Fsp3) is 0.882. The van der Waals surface area contributed by atoms with Crippen molar-refractivity contribution in [3.05, 3.63) is 0 Å². The Morgan fingerprint density at radius 3 is 2.36 bits per heavy atom. The van der Waals surface area contributed by atoms with E-state index >= 15 is 0 Å². The number of fused-ring (bicyclic) bond motifs is 2. The molecule has 0 aliphatic carbocycles. The third kappa shape index (κ3) is 4.97. The van der Waals surface area contributed by atoms with Crippen LogP contribution in [0.3, 0.4) is 0 Å². The number of carbonyl (C=O) groups is 2. The zero-order valence-electron chi connectivity index (χ0n) is 14.1. The lowest BCUT2D eigenvalue weighted by atomic mass is 9.89. The molecule has 2 aliphatic heterocycles. The molecule has 2 heterocycles. The molecule has 0 aromatic carbocycles. The lowest BCUT2D eigenvalue weighted by Crippen LogP contribution is -2.39. The normalized spacial score (nSPS) is 26.7. The average Bonchev–Trinajstić information content (AvgIpc) is 2.84. The first kappa shape index (κ1) is 17.3. The van der Waals surface area contributed by atoms with E-state index < -0.39 is 0 Å². The first-order chi connectivity index (χ1) is 10.6. The molecular formula is C17H31N3O2. The highest BCUT2D eigenvalue weighted by molar-refractivity contribution is 5.77. The predicted octanol–water partition coefficient (Wildman–Crippen LogP) is 1.67. The number of rotatable bonds is 8. The number of hydrogen-bond acceptors (Lipinski definition) is 3. The maximum absolute atomic E-state index is 12.0. The van der Waals surface area contributed by atoms with Crippen LogP contribution in [0.1, 0.15) is 58.8 Å². The quantitative estimate of drug-likeness (QED) is 0.671. The molecule has 0 radical (unpaired) electrons. The third-order valence-corrected chi connectivity index (χ3v) is 5.05. The van der Waals surface area contributed by atoms with Crippen molar-refractivity contribution in [3.8, 4) is 0 Å².